The number of aromatic carboxylic acids is 1. The standard InChI is InChI=1S/C12H12N2O5S2/c1-6-3-4-9(8(5-6)10(15)16)14-21(18,19)11-7(2)13-12(17)20-11/h3-5,14H,1-2H3,(H,13,17)(H,15,16). The summed E-state index contributed by atoms with van der Waals surface area (Å²) in [6.45, 7) is 3.16. The van der Waals surface area contributed by atoms with Gasteiger partial charge in [0.05, 0.1) is 11.3 Å². The van der Waals surface area contributed by atoms with E-state index in [0.29, 0.717) is 16.9 Å². The SMILES string of the molecule is Cc1ccc(NS(=O)(=O)c2sc(=O)[nH]c2C)c(C(=O)O)c1. The molecule has 9 heteroatoms. The van der Waals surface area contributed by atoms with Gasteiger partial charge in [0, 0.05) is 5.69 Å². The smallest absolute Gasteiger partial charge is 0.337 e. The van der Waals surface area contributed by atoms with E-state index in [9.17, 15) is 18.0 Å². The predicted octanol–water partition coefficient (Wildman–Crippen LogP) is 1.55. The number of aryl methyl sites for hydroxylation is 2. The van der Waals surface area contributed by atoms with E-state index in [4.69, 9.17) is 5.11 Å². The first-order chi connectivity index (χ1) is 9.70. The second-order valence-corrected chi connectivity index (χ2v) is 7.25. The minimum atomic E-state index is -4.02. The largest absolute Gasteiger partial charge is 0.478 e. The quantitative estimate of drug-likeness (QED) is 0.787. The van der Waals surface area contributed by atoms with Crippen LogP contribution in [-0.2, 0) is 10.0 Å². The lowest BCUT2D eigenvalue weighted by molar-refractivity contribution is 0.0698. The van der Waals surface area contributed by atoms with Crippen molar-refractivity contribution in [2.24, 2.45) is 0 Å². The number of thiazole rings is 1. The van der Waals surface area contributed by atoms with Gasteiger partial charge in [-0.3, -0.25) is 9.52 Å². The summed E-state index contributed by atoms with van der Waals surface area (Å²) in [5, 5.41) is 9.13. The predicted molar refractivity (Wildman–Crippen MR) is 78.6 cm³/mol. The van der Waals surface area contributed by atoms with E-state index in [2.05, 4.69) is 9.71 Å². The molecule has 2 aromatic rings. The summed E-state index contributed by atoms with van der Waals surface area (Å²) in [5.41, 5.74) is 0.701. The molecule has 112 valence electrons. The molecule has 0 atom stereocenters. The number of H-pyrrole nitrogens is 1. The molecule has 0 aliphatic heterocycles. The number of aromatic nitrogens is 1. The van der Waals surface area contributed by atoms with Crippen molar-refractivity contribution in [1.29, 1.82) is 0 Å². The molecule has 1 aromatic heterocycles. The highest BCUT2D eigenvalue weighted by Gasteiger charge is 2.23. The summed E-state index contributed by atoms with van der Waals surface area (Å²) in [5.74, 6) is -1.24. The first-order valence-electron chi connectivity index (χ1n) is 5.77. The van der Waals surface area contributed by atoms with Crippen LogP contribution in [-0.4, -0.2) is 24.5 Å². The fourth-order valence-corrected chi connectivity index (χ4v) is 4.14. The maximum atomic E-state index is 12.2. The monoisotopic (exact) mass is 328 g/mol. The van der Waals surface area contributed by atoms with Crippen molar-refractivity contribution in [3.63, 3.8) is 0 Å². The van der Waals surface area contributed by atoms with Crippen molar-refractivity contribution in [2.45, 2.75) is 18.1 Å². The van der Waals surface area contributed by atoms with Crippen molar-refractivity contribution in [3.05, 3.63) is 44.7 Å². The van der Waals surface area contributed by atoms with Gasteiger partial charge in [-0.15, -0.1) is 0 Å². The first-order valence-corrected chi connectivity index (χ1v) is 8.07. The van der Waals surface area contributed by atoms with Gasteiger partial charge >= 0.3 is 10.8 Å². The molecule has 0 radical (unpaired) electrons. The van der Waals surface area contributed by atoms with E-state index in [1.165, 1.54) is 19.1 Å². The van der Waals surface area contributed by atoms with Crippen LogP contribution in [0.3, 0.4) is 0 Å². The van der Waals surface area contributed by atoms with Gasteiger partial charge in [-0.2, -0.15) is 0 Å². The molecule has 2 rings (SSSR count). The van der Waals surface area contributed by atoms with Crippen LogP contribution in [0.15, 0.2) is 27.2 Å². The second kappa shape index (κ2) is 5.34. The lowest BCUT2D eigenvalue weighted by atomic mass is 10.1. The molecule has 0 amide bonds. The van der Waals surface area contributed by atoms with Crippen LogP contribution in [0.25, 0.3) is 0 Å². The molecule has 0 aliphatic rings. The number of hydrogen-bond acceptors (Lipinski definition) is 5. The summed E-state index contributed by atoms with van der Waals surface area (Å²) in [6.07, 6.45) is 0. The molecule has 0 fully saturated rings. The molecule has 0 aliphatic carbocycles. The zero-order valence-electron chi connectivity index (χ0n) is 11.1. The van der Waals surface area contributed by atoms with Gasteiger partial charge in [0.2, 0.25) is 0 Å². The number of anilines is 1. The Balaban J connectivity index is 2.49. The number of sulfonamides is 1. The number of benzene rings is 1. The summed E-state index contributed by atoms with van der Waals surface area (Å²) < 4.78 is 26.5. The zero-order valence-corrected chi connectivity index (χ0v) is 12.8. The third-order valence-corrected chi connectivity index (χ3v) is 5.65. The van der Waals surface area contributed by atoms with Gasteiger partial charge in [0.1, 0.15) is 0 Å². The lowest BCUT2D eigenvalue weighted by Gasteiger charge is -2.10. The average molecular weight is 328 g/mol. The Morgan fingerprint density at radius 2 is 2.00 bits per heavy atom. The van der Waals surface area contributed by atoms with Gasteiger partial charge in [-0.25, -0.2) is 13.2 Å². The number of carboxylic acid groups (broad SMARTS) is 1. The van der Waals surface area contributed by atoms with Crippen LogP contribution in [0.2, 0.25) is 0 Å². The summed E-state index contributed by atoms with van der Waals surface area (Å²) in [7, 11) is -4.02. The summed E-state index contributed by atoms with van der Waals surface area (Å²) >= 11 is 0.549. The number of aromatic amines is 1. The van der Waals surface area contributed by atoms with E-state index in [0.717, 1.165) is 0 Å². The van der Waals surface area contributed by atoms with E-state index < -0.39 is 20.9 Å². The maximum absolute atomic E-state index is 12.2. The van der Waals surface area contributed by atoms with Crippen molar-refractivity contribution in [2.75, 3.05) is 4.72 Å². The molecule has 3 N–H and O–H groups in total. The highest BCUT2D eigenvalue weighted by atomic mass is 32.2. The van der Waals surface area contributed by atoms with E-state index in [1.54, 1.807) is 13.0 Å². The summed E-state index contributed by atoms with van der Waals surface area (Å²) in [6, 6.07) is 4.34. The Morgan fingerprint density at radius 1 is 1.33 bits per heavy atom. The van der Waals surface area contributed by atoms with Crippen LogP contribution in [0, 0.1) is 13.8 Å². The van der Waals surface area contributed by atoms with Gasteiger partial charge in [-0.1, -0.05) is 23.0 Å². The van der Waals surface area contributed by atoms with E-state index in [1.807, 2.05) is 0 Å². The van der Waals surface area contributed by atoms with Gasteiger partial charge < -0.3 is 10.1 Å². The minimum Gasteiger partial charge on any atom is -0.478 e. The molecule has 0 bridgehead atoms. The number of rotatable bonds is 4. The third-order valence-electron chi connectivity index (χ3n) is 2.68. The Hall–Kier alpha value is -2.13. The van der Waals surface area contributed by atoms with Crippen molar-refractivity contribution in [1.82, 2.24) is 4.98 Å². The molecule has 21 heavy (non-hydrogen) atoms. The van der Waals surface area contributed by atoms with Crippen LogP contribution in [0.5, 0.6) is 0 Å². The minimum absolute atomic E-state index is 0.0478. The summed E-state index contributed by atoms with van der Waals surface area (Å²) in [4.78, 5) is 24.3. The molecular formula is C12H12N2O5S2. The molecular weight excluding hydrogens is 316 g/mol. The number of carbonyl (C=O) groups is 1. The second-order valence-electron chi connectivity index (χ2n) is 4.39. The van der Waals surface area contributed by atoms with Crippen molar-refractivity contribution >= 4 is 33.0 Å². The Bertz CT molecular complexity index is 864. The van der Waals surface area contributed by atoms with Gasteiger partial charge in [0.25, 0.3) is 10.0 Å². The molecule has 0 saturated carbocycles. The number of hydrogen-bond donors (Lipinski definition) is 3. The number of nitrogens with one attached hydrogen (secondary N) is 2. The fraction of sp³-hybridized carbons (Fsp3) is 0.167. The fourth-order valence-electron chi connectivity index (χ4n) is 1.76. The highest BCUT2D eigenvalue weighted by Crippen LogP contribution is 2.23. The Morgan fingerprint density at radius 3 is 2.52 bits per heavy atom. The topological polar surface area (TPSA) is 116 Å². The van der Waals surface area contributed by atoms with Crippen LogP contribution in [0.1, 0.15) is 21.6 Å². The highest BCUT2D eigenvalue weighted by molar-refractivity contribution is 7.94. The molecule has 1 aromatic carbocycles. The van der Waals surface area contributed by atoms with Gasteiger partial charge in [-0.05, 0) is 26.0 Å². The normalized spacial score (nSPS) is 11.3. The molecule has 7 nitrogen and oxygen atoms in total. The van der Waals surface area contributed by atoms with E-state index in [-0.39, 0.29) is 21.2 Å². The lowest BCUT2D eigenvalue weighted by Crippen LogP contribution is -2.15. The average Bonchev–Trinajstić information content (AvgIpc) is 2.71. The first kappa shape index (κ1) is 15.3. The molecule has 1 heterocycles. The van der Waals surface area contributed by atoms with Crippen LogP contribution >= 0.6 is 11.3 Å². The van der Waals surface area contributed by atoms with Crippen molar-refractivity contribution in [3.8, 4) is 0 Å². The molecule has 0 spiro atoms. The van der Waals surface area contributed by atoms with E-state index >= 15 is 0 Å². The number of carboxylic acids is 1. The van der Waals surface area contributed by atoms with Crippen LogP contribution in [0.4, 0.5) is 5.69 Å². The Kier molecular flexibility index (Phi) is 3.88. The molecule has 0 unspecified atom stereocenters. The molecule has 0 saturated heterocycles. The third kappa shape index (κ3) is 3.14. The van der Waals surface area contributed by atoms with Crippen molar-refractivity contribution < 1.29 is 18.3 Å². The van der Waals surface area contributed by atoms with Crippen LogP contribution < -0.4 is 9.60 Å². The maximum Gasteiger partial charge on any atom is 0.337 e. The Labute approximate surface area is 124 Å². The van der Waals surface area contributed by atoms with Gasteiger partial charge in [0.15, 0.2) is 4.21 Å². The zero-order chi connectivity index (χ0) is 15.8.